The number of likely N-dealkylation sites (tertiary alicyclic amines) is 1. The molecule has 1 aromatic carbocycles. The molecule has 0 aliphatic carbocycles. The van der Waals surface area contributed by atoms with E-state index in [1.807, 2.05) is 6.92 Å². The van der Waals surface area contributed by atoms with E-state index in [1.54, 1.807) is 12.1 Å². The third kappa shape index (κ3) is 3.70. The van der Waals surface area contributed by atoms with Gasteiger partial charge in [0.1, 0.15) is 5.75 Å². The molecule has 1 amide bonds. The Morgan fingerprint density at radius 2 is 2.32 bits per heavy atom. The minimum atomic E-state index is -0.108. The van der Waals surface area contributed by atoms with E-state index in [4.69, 9.17) is 0 Å². The second-order valence-corrected chi connectivity index (χ2v) is 5.48. The van der Waals surface area contributed by atoms with Crippen LogP contribution in [-0.4, -0.2) is 42.6 Å². The van der Waals surface area contributed by atoms with E-state index in [0.29, 0.717) is 18.0 Å². The molecule has 4 nitrogen and oxygen atoms in total. The minimum Gasteiger partial charge on any atom is -0.508 e. The lowest BCUT2D eigenvalue weighted by Gasteiger charge is -2.29. The van der Waals surface area contributed by atoms with Crippen LogP contribution in [0.15, 0.2) is 18.2 Å². The third-order valence-corrected chi connectivity index (χ3v) is 3.74. The number of aromatic hydroxyl groups is 1. The molecule has 2 N–H and O–H groups in total. The standard InChI is InChI=1S/C15H22N2O2/c1-11-5-6-13(8-14(11)18)15(19)16-9-12-4-3-7-17(2)10-12/h5-6,8,12,18H,3-4,7,9-10H2,1-2H3,(H,16,19). The number of phenolic OH excluding ortho intramolecular Hbond substituents is 1. The highest BCUT2D eigenvalue weighted by Crippen LogP contribution is 2.18. The van der Waals surface area contributed by atoms with Crippen molar-refractivity contribution in [1.29, 1.82) is 0 Å². The molecule has 0 bridgehead atoms. The van der Waals surface area contributed by atoms with Crippen molar-refractivity contribution >= 4 is 5.91 Å². The Bertz CT molecular complexity index is 459. The maximum Gasteiger partial charge on any atom is 0.251 e. The molecule has 4 heteroatoms. The molecule has 2 rings (SSSR count). The number of carbonyl (C=O) groups excluding carboxylic acids is 1. The summed E-state index contributed by atoms with van der Waals surface area (Å²) in [5, 5.41) is 12.6. The summed E-state index contributed by atoms with van der Waals surface area (Å²) in [6.07, 6.45) is 2.37. The summed E-state index contributed by atoms with van der Waals surface area (Å²) in [6, 6.07) is 5.04. The van der Waals surface area contributed by atoms with Gasteiger partial charge in [0.05, 0.1) is 0 Å². The fourth-order valence-electron chi connectivity index (χ4n) is 2.53. The fourth-order valence-corrected chi connectivity index (χ4v) is 2.53. The van der Waals surface area contributed by atoms with Gasteiger partial charge >= 0.3 is 0 Å². The molecule has 0 aromatic heterocycles. The van der Waals surface area contributed by atoms with E-state index >= 15 is 0 Å². The average Bonchev–Trinajstić information content (AvgIpc) is 2.39. The van der Waals surface area contributed by atoms with Crippen LogP contribution in [0.1, 0.15) is 28.8 Å². The van der Waals surface area contributed by atoms with E-state index in [0.717, 1.165) is 18.7 Å². The van der Waals surface area contributed by atoms with Crippen LogP contribution in [0, 0.1) is 12.8 Å². The van der Waals surface area contributed by atoms with Crippen molar-refractivity contribution in [1.82, 2.24) is 10.2 Å². The van der Waals surface area contributed by atoms with Crippen molar-refractivity contribution in [3.8, 4) is 5.75 Å². The first-order chi connectivity index (χ1) is 9.06. The summed E-state index contributed by atoms with van der Waals surface area (Å²) in [5.41, 5.74) is 1.30. The smallest absolute Gasteiger partial charge is 0.251 e. The van der Waals surface area contributed by atoms with E-state index in [1.165, 1.54) is 18.9 Å². The van der Waals surface area contributed by atoms with Gasteiger partial charge in [-0.1, -0.05) is 6.07 Å². The monoisotopic (exact) mass is 262 g/mol. The number of phenols is 1. The largest absolute Gasteiger partial charge is 0.508 e. The number of nitrogens with one attached hydrogen (secondary N) is 1. The Hall–Kier alpha value is -1.55. The lowest BCUT2D eigenvalue weighted by atomic mass is 9.98. The molecule has 0 spiro atoms. The highest BCUT2D eigenvalue weighted by Gasteiger charge is 2.18. The fraction of sp³-hybridized carbons (Fsp3) is 0.533. The molecule has 1 aliphatic rings. The van der Waals surface area contributed by atoms with Crippen LogP contribution in [0.2, 0.25) is 0 Å². The van der Waals surface area contributed by atoms with Crippen LogP contribution in [-0.2, 0) is 0 Å². The van der Waals surface area contributed by atoms with Gasteiger partial charge in [-0.05, 0) is 57.0 Å². The highest BCUT2D eigenvalue weighted by atomic mass is 16.3. The van der Waals surface area contributed by atoms with E-state index in [-0.39, 0.29) is 11.7 Å². The predicted molar refractivity (Wildman–Crippen MR) is 75.4 cm³/mol. The number of benzene rings is 1. The zero-order valence-corrected chi connectivity index (χ0v) is 11.6. The van der Waals surface area contributed by atoms with Crippen LogP contribution in [0.5, 0.6) is 5.75 Å². The average molecular weight is 262 g/mol. The van der Waals surface area contributed by atoms with Crippen LogP contribution in [0.25, 0.3) is 0 Å². The summed E-state index contributed by atoms with van der Waals surface area (Å²) < 4.78 is 0. The molecule has 0 radical (unpaired) electrons. The molecule has 19 heavy (non-hydrogen) atoms. The number of nitrogens with zero attached hydrogens (tertiary/aromatic N) is 1. The van der Waals surface area contributed by atoms with Crippen LogP contribution >= 0.6 is 0 Å². The van der Waals surface area contributed by atoms with Crippen molar-refractivity contribution < 1.29 is 9.90 Å². The number of piperidine rings is 1. The summed E-state index contributed by atoms with van der Waals surface area (Å²) in [4.78, 5) is 14.3. The zero-order chi connectivity index (χ0) is 13.8. The number of hydrogen-bond acceptors (Lipinski definition) is 3. The number of carbonyl (C=O) groups is 1. The number of aryl methyl sites for hydroxylation is 1. The third-order valence-electron chi connectivity index (χ3n) is 3.74. The van der Waals surface area contributed by atoms with Crippen molar-refractivity contribution in [2.45, 2.75) is 19.8 Å². The van der Waals surface area contributed by atoms with E-state index in [9.17, 15) is 9.90 Å². The second kappa shape index (κ2) is 6.06. The molecule has 1 aromatic rings. The zero-order valence-electron chi connectivity index (χ0n) is 11.6. The lowest BCUT2D eigenvalue weighted by molar-refractivity contribution is 0.0936. The van der Waals surface area contributed by atoms with Crippen molar-refractivity contribution in [2.24, 2.45) is 5.92 Å². The normalized spacial score (nSPS) is 20.2. The van der Waals surface area contributed by atoms with E-state index in [2.05, 4.69) is 17.3 Å². The lowest BCUT2D eigenvalue weighted by Crippen LogP contribution is -2.39. The molecule has 1 aliphatic heterocycles. The first-order valence-electron chi connectivity index (χ1n) is 6.82. The quantitative estimate of drug-likeness (QED) is 0.873. The Labute approximate surface area is 114 Å². The highest BCUT2D eigenvalue weighted by molar-refractivity contribution is 5.94. The Balaban J connectivity index is 1.88. The minimum absolute atomic E-state index is 0.108. The van der Waals surface area contributed by atoms with Gasteiger partial charge in [0.2, 0.25) is 0 Å². The predicted octanol–water partition coefficient (Wildman–Crippen LogP) is 1.77. The Morgan fingerprint density at radius 1 is 1.53 bits per heavy atom. The molecule has 1 heterocycles. The molecular weight excluding hydrogens is 240 g/mol. The molecule has 1 saturated heterocycles. The summed E-state index contributed by atoms with van der Waals surface area (Å²) >= 11 is 0. The molecule has 1 fully saturated rings. The topological polar surface area (TPSA) is 52.6 Å². The second-order valence-electron chi connectivity index (χ2n) is 5.48. The van der Waals surface area contributed by atoms with E-state index < -0.39 is 0 Å². The maximum absolute atomic E-state index is 12.0. The Morgan fingerprint density at radius 3 is 3.00 bits per heavy atom. The van der Waals surface area contributed by atoms with Gasteiger partial charge in [0.25, 0.3) is 5.91 Å². The van der Waals surface area contributed by atoms with Gasteiger partial charge in [-0.25, -0.2) is 0 Å². The van der Waals surface area contributed by atoms with Gasteiger partial charge in [-0.2, -0.15) is 0 Å². The molecule has 1 unspecified atom stereocenters. The number of rotatable bonds is 3. The van der Waals surface area contributed by atoms with Crippen LogP contribution in [0.4, 0.5) is 0 Å². The Kier molecular flexibility index (Phi) is 4.43. The van der Waals surface area contributed by atoms with Gasteiger partial charge in [0.15, 0.2) is 0 Å². The summed E-state index contributed by atoms with van der Waals surface area (Å²) in [6.45, 7) is 4.71. The van der Waals surface area contributed by atoms with Crippen LogP contribution < -0.4 is 5.32 Å². The van der Waals surface area contributed by atoms with Gasteiger partial charge < -0.3 is 15.3 Å². The van der Waals surface area contributed by atoms with Crippen molar-refractivity contribution in [2.75, 3.05) is 26.7 Å². The SMILES string of the molecule is Cc1ccc(C(=O)NCC2CCCN(C)C2)cc1O. The first kappa shape index (κ1) is 13.9. The molecule has 104 valence electrons. The van der Waals surface area contributed by atoms with Gasteiger partial charge in [-0.3, -0.25) is 4.79 Å². The van der Waals surface area contributed by atoms with Gasteiger partial charge in [-0.15, -0.1) is 0 Å². The maximum atomic E-state index is 12.0. The van der Waals surface area contributed by atoms with Crippen molar-refractivity contribution in [3.63, 3.8) is 0 Å². The van der Waals surface area contributed by atoms with Crippen molar-refractivity contribution in [3.05, 3.63) is 29.3 Å². The number of hydrogen-bond donors (Lipinski definition) is 2. The molecule has 0 saturated carbocycles. The van der Waals surface area contributed by atoms with Crippen LogP contribution in [0.3, 0.4) is 0 Å². The summed E-state index contributed by atoms with van der Waals surface area (Å²) in [5.74, 6) is 0.593. The summed E-state index contributed by atoms with van der Waals surface area (Å²) in [7, 11) is 2.12. The molecule has 1 atom stereocenters. The first-order valence-corrected chi connectivity index (χ1v) is 6.82. The molecular formula is C15H22N2O2. The number of amides is 1. The van der Waals surface area contributed by atoms with Gasteiger partial charge in [0, 0.05) is 18.7 Å².